The first-order valence-electron chi connectivity index (χ1n) is 8.42. The second kappa shape index (κ2) is 6.54. The molecule has 0 aliphatic carbocycles. The van der Waals surface area contributed by atoms with Gasteiger partial charge >= 0.3 is 0 Å². The monoisotopic (exact) mass is 413 g/mol. The normalized spacial score (nSPS) is 12.6. The molecule has 9 heteroatoms. The Hall–Kier alpha value is -3.03. The number of rotatable bonds is 3. The van der Waals surface area contributed by atoms with Crippen molar-refractivity contribution in [3.8, 4) is 22.9 Å². The molecule has 1 aliphatic rings. The quantitative estimate of drug-likeness (QED) is 0.542. The lowest BCUT2D eigenvalue weighted by Gasteiger charge is -2.09. The molecule has 2 N–H and O–H groups in total. The highest BCUT2D eigenvalue weighted by molar-refractivity contribution is 6.36. The number of ether oxygens (including phenoxy) is 2. The lowest BCUT2D eigenvalue weighted by Crippen LogP contribution is -2.05. The number of halogens is 2. The van der Waals surface area contributed by atoms with Crippen LogP contribution in [0.5, 0.6) is 11.5 Å². The number of nitrogens with zero attached hydrogens (tertiary/aromatic N) is 4. The van der Waals surface area contributed by atoms with Crippen molar-refractivity contribution in [1.29, 1.82) is 0 Å². The van der Waals surface area contributed by atoms with Gasteiger partial charge in [-0.2, -0.15) is 5.10 Å². The Bertz CT molecular complexity index is 1200. The molecule has 0 bridgehead atoms. The molecular weight excluding hydrogens is 401 g/mol. The van der Waals surface area contributed by atoms with Gasteiger partial charge in [0.15, 0.2) is 23.0 Å². The van der Waals surface area contributed by atoms with Crippen molar-refractivity contribution >= 4 is 40.1 Å². The summed E-state index contributed by atoms with van der Waals surface area (Å²) in [6.45, 7) is 0.561. The number of nitrogens with two attached hydrogens (primary N) is 1. The van der Waals surface area contributed by atoms with Crippen molar-refractivity contribution < 1.29 is 9.47 Å². The van der Waals surface area contributed by atoms with Crippen LogP contribution in [-0.2, 0) is 6.54 Å². The number of nitrogen functional groups attached to an aromatic ring is 1. The predicted octanol–water partition coefficient (Wildman–Crippen LogP) is 4.16. The lowest BCUT2D eigenvalue weighted by atomic mass is 10.2. The van der Waals surface area contributed by atoms with Crippen molar-refractivity contribution in [3.05, 3.63) is 58.2 Å². The first-order valence-corrected chi connectivity index (χ1v) is 9.17. The maximum atomic E-state index is 6.30. The molecule has 2 aromatic heterocycles. The first-order chi connectivity index (χ1) is 13.6. The molecule has 0 saturated heterocycles. The minimum Gasteiger partial charge on any atom is -0.454 e. The highest BCUT2D eigenvalue weighted by Crippen LogP contribution is 2.36. The van der Waals surface area contributed by atoms with Crippen LogP contribution in [0.4, 0.5) is 5.82 Å². The third-order valence-corrected chi connectivity index (χ3v) is 5.23. The third kappa shape index (κ3) is 2.80. The Morgan fingerprint density at radius 1 is 1.04 bits per heavy atom. The van der Waals surface area contributed by atoms with E-state index in [1.54, 1.807) is 29.1 Å². The van der Waals surface area contributed by atoms with Gasteiger partial charge in [-0.15, -0.1) is 0 Å². The summed E-state index contributed by atoms with van der Waals surface area (Å²) >= 11 is 12.6. The molecule has 0 unspecified atom stereocenters. The zero-order chi connectivity index (χ0) is 19.3. The zero-order valence-electron chi connectivity index (χ0n) is 14.4. The summed E-state index contributed by atoms with van der Waals surface area (Å²) in [6, 6.07) is 10.9. The Balaban J connectivity index is 1.61. The van der Waals surface area contributed by atoms with E-state index in [4.69, 9.17) is 38.4 Å². The van der Waals surface area contributed by atoms with E-state index in [0.717, 1.165) is 11.1 Å². The molecule has 7 nitrogen and oxygen atoms in total. The fraction of sp³-hybridized carbons (Fsp3) is 0.105. The minimum absolute atomic E-state index is 0.201. The molecule has 0 spiro atoms. The number of anilines is 1. The summed E-state index contributed by atoms with van der Waals surface area (Å²) in [6.07, 6.45) is 1.64. The fourth-order valence-corrected chi connectivity index (χ4v) is 3.61. The Morgan fingerprint density at radius 2 is 1.82 bits per heavy atom. The topological polar surface area (TPSA) is 88.1 Å². The van der Waals surface area contributed by atoms with Crippen LogP contribution in [-0.4, -0.2) is 26.5 Å². The van der Waals surface area contributed by atoms with E-state index in [2.05, 4.69) is 15.1 Å². The second-order valence-corrected chi connectivity index (χ2v) is 7.05. The second-order valence-electron chi connectivity index (χ2n) is 6.24. The maximum Gasteiger partial charge on any atom is 0.231 e. The van der Waals surface area contributed by atoms with Crippen molar-refractivity contribution in [2.45, 2.75) is 6.54 Å². The van der Waals surface area contributed by atoms with E-state index in [-0.39, 0.29) is 6.79 Å². The number of hydrogen-bond donors (Lipinski definition) is 1. The molecule has 140 valence electrons. The molecule has 5 rings (SSSR count). The van der Waals surface area contributed by atoms with Crippen molar-refractivity contribution in [1.82, 2.24) is 19.7 Å². The third-order valence-electron chi connectivity index (χ3n) is 4.53. The average molecular weight is 414 g/mol. The van der Waals surface area contributed by atoms with Crippen LogP contribution in [0.25, 0.3) is 22.4 Å². The van der Waals surface area contributed by atoms with Gasteiger partial charge in [-0.05, 0) is 30.3 Å². The molecule has 1 aliphatic heterocycles. The summed E-state index contributed by atoms with van der Waals surface area (Å²) in [7, 11) is 0. The SMILES string of the molecule is Nc1nc(-c2ccc3c(c2)OCO3)nc2c1cnn2Cc1c(Cl)cccc1Cl. The maximum absolute atomic E-state index is 6.30. The van der Waals surface area contributed by atoms with Crippen LogP contribution in [0.3, 0.4) is 0 Å². The lowest BCUT2D eigenvalue weighted by molar-refractivity contribution is 0.174. The van der Waals surface area contributed by atoms with E-state index >= 15 is 0 Å². The summed E-state index contributed by atoms with van der Waals surface area (Å²) in [5, 5.41) is 6.19. The first kappa shape index (κ1) is 17.1. The molecule has 2 aromatic carbocycles. The summed E-state index contributed by atoms with van der Waals surface area (Å²) in [5.41, 5.74) is 8.28. The smallest absolute Gasteiger partial charge is 0.231 e. The van der Waals surface area contributed by atoms with Crippen molar-refractivity contribution in [3.63, 3.8) is 0 Å². The average Bonchev–Trinajstić information content (AvgIpc) is 3.31. The van der Waals surface area contributed by atoms with E-state index in [9.17, 15) is 0 Å². The highest BCUT2D eigenvalue weighted by Gasteiger charge is 2.18. The van der Waals surface area contributed by atoms with Crippen LogP contribution in [0, 0.1) is 0 Å². The van der Waals surface area contributed by atoms with Crippen LogP contribution in [0.1, 0.15) is 5.56 Å². The van der Waals surface area contributed by atoms with Crippen LogP contribution in [0.15, 0.2) is 42.6 Å². The molecular formula is C19H13Cl2N5O2. The van der Waals surface area contributed by atoms with Gasteiger partial charge in [0, 0.05) is 21.2 Å². The van der Waals surface area contributed by atoms with Crippen LogP contribution >= 0.6 is 23.2 Å². The Morgan fingerprint density at radius 3 is 2.64 bits per heavy atom. The number of aromatic nitrogens is 4. The van der Waals surface area contributed by atoms with Gasteiger partial charge in [-0.25, -0.2) is 14.6 Å². The van der Waals surface area contributed by atoms with Gasteiger partial charge in [-0.1, -0.05) is 29.3 Å². The van der Waals surface area contributed by atoms with E-state index in [0.29, 0.717) is 50.8 Å². The summed E-state index contributed by atoms with van der Waals surface area (Å²) in [5.74, 6) is 2.15. The van der Waals surface area contributed by atoms with Crippen molar-refractivity contribution in [2.75, 3.05) is 12.5 Å². The Labute approximate surface area is 169 Å². The molecule has 0 fully saturated rings. The predicted molar refractivity (Wildman–Crippen MR) is 107 cm³/mol. The zero-order valence-corrected chi connectivity index (χ0v) is 15.9. The molecule has 0 saturated carbocycles. The molecule has 0 atom stereocenters. The standard InChI is InChI=1S/C19H13Cl2N5O2/c20-13-2-1-3-14(21)12(13)8-26-19-11(7-23-26)17(22)24-18(25-19)10-4-5-15-16(6-10)28-9-27-15/h1-7H,8-9H2,(H2,22,24,25). The van der Waals surface area contributed by atoms with E-state index in [1.807, 2.05) is 18.2 Å². The van der Waals surface area contributed by atoms with Gasteiger partial charge in [-0.3, -0.25) is 0 Å². The van der Waals surface area contributed by atoms with Gasteiger partial charge in [0.25, 0.3) is 0 Å². The number of fused-ring (bicyclic) bond motifs is 2. The highest BCUT2D eigenvalue weighted by atomic mass is 35.5. The molecule has 4 aromatic rings. The van der Waals surface area contributed by atoms with Gasteiger partial charge < -0.3 is 15.2 Å². The molecule has 0 amide bonds. The summed E-state index contributed by atoms with van der Waals surface area (Å²) in [4.78, 5) is 9.09. The Kier molecular flexibility index (Phi) is 3.99. The largest absolute Gasteiger partial charge is 0.454 e. The van der Waals surface area contributed by atoms with Crippen molar-refractivity contribution in [2.24, 2.45) is 0 Å². The van der Waals surface area contributed by atoms with Gasteiger partial charge in [0.1, 0.15) is 5.82 Å². The van der Waals surface area contributed by atoms with Crippen LogP contribution < -0.4 is 15.2 Å². The van der Waals surface area contributed by atoms with Crippen LogP contribution in [0.2, 0.25) is 10.0 Å². The molecule has 3 heterocycles. The molecule has 0 radical (unpaired) electrons. The number of hydrogen-bond acceptors (Lipinski definition) is 6. The van der Waals surface area contributed by atoms with E-state index in [1.165, 1.54) is 0 Å². The number of benzene rings is 2. The van der Waals surface area contributed by atoms with Gasteiger partial charge in [0.2, 0.25) is 6.79 Å². The molecule has 28 heavy (non-hydrogen) atoms. The fourth-order valence-electron chi connectivity index (χ4n) is 3.09. The summed E-state index contributed by atoms with van der Waals surface area (Å²) < 4.78 is 12.5. The minimum atomic E-state index is 0.201. The van der Waals surface area contributed by atoms with Gasteiger partial charge in [0.05, 0.1) is 18.1 Å². The van der Waals surface area contributed by atoms with E-state index < -0.39 is 0 Å².